The Kier molecular flexibility index (Phi) is 6.93. The molecular weight excluding hydrogens is 486 g/mol. The normalized spacial score (nSPS) is 17.5. The number of hydrogen-bond acceptors (Lipinski definition) is 5. The molecule has 1 aromatic heterocycles. The van der Waals surface area contributed by atoms with Crippen molar-refractivity contribution >= 4 is 33.4 Å². The molecule has 0 radical (unpaired) electrons. The molecule has 1 saturated heterocycles. The number of benzene rings is 2. The average Bonchev–Trinajstić information content (AvgIpc) is 3.42. The summed E-state index contributed by atoms with van der Waals surface area (Å²) in [7, 11) is 0. The largest absolute Gasteiger partial charge is 0.507 e. The highest BCUT2D eigenvalue weighted by Crippen LogP contribution is 2.40. The number of halogens is 1. The van der Waals surface area contributed by atoms with Crippen LogP contribution in [0, 0.1) is 0 Å². The lowest BCUT2D eigenvalue weighted by Crippen LogP contribution is -2.31. The molecule has 1 amide bonds. The van der Waals surface area contributed by atoms with Gasteiger partial charge in [0.1, 0.15) is 11.5 Å². The van der Waals surface area contributed by atoms with E-state index in [1.165, 1.54) is 0 Å². The van der Waals surface area contributed by atoms with E-state index in [-0.39, 0.29) is 11.3 Å². The van der Waals surface area contributed by atoms with Gasteiger partial charge in [0.05, 0.1) is 24.5 Å². The molecular formula is C25H24BrN3O4. The van der Waals surface area contributed by atoms with Gasteiger partial charge in [0.2, 0.25) is 0 Å². The van der Waals surface area contributed by atoms with E-state index in [2.05, 4.69) is 20.9 Å². The van der Waals surface area contributed by atoms with Gasteiger partial charge in [-0.05, 0) is 43.2 Å². The quantitative estimate of drug-likeness (QED) is 0.273. The maximum Gasteiger partial charge on any atom is 0.295 e. The molecule has 2 aromatic carbocycles. The van der Waals surface area contributed by atoms with Crippen LogP contribution in [0.15, 0.2) is 77.3 Å². The maximum absolute atomic E-state index is 13.1. The van der Waals surface area contributed by atoms with Gasteiger partial charge < -0.3 is 19.3 Å². The topological polar surface area (TPSA) is 84.7 Å². The Morgan fingerprint density at radius 1 is 1.09 bits per heavy atom. The standard InChI is InChI=1S/C25H24BrN3O4/c1-2-33-20-10-6-17(7-11-20)22-21(23(30)18-4-8-19(26)9-5-18)24(31)25(32)29(22)14-3-13-28-15-12-27-16-28/h4-12,15-16,22,30H,2-3,13-14H2,1H3. The molecule has 3 aromatic rings. The number of ketones is 1. The van der Waals surface area contributed by atoms with Gasteiger partial charge in [-0.2, -0.15) is 0 Å². The molecule has 8 heteroatoms. The van der Waals surface area contributed by atoms with Crippen LogP contribution in [0.25, 0.3) is 5.76 Å². The van der Waals surface area contributed by atoms with E-state index in [4.69, 9.17) is 4.74 Å². The number of ether oxygens (including phenoxy) is 1. The van der Waals surface area contributed by atoms with Gasteiger partial charge in [-0.15, -0.1) is 0 Å². The number of aliphatic hydroxyl groups excluding tert-OH is 1. The molecule has 0 bridgehead atoms. The summed E-state index contributed by atoms with van der Waals surface area (Å²) >= 11 is 3.38. The molecule has 1 N–H and O–H groups in total. The minimum atomic E-state index is -0.688. The molecule has 4 rings (SSSR count). The van der Waals surface area contributed by atoms with Crippen molar-refractivity contribution < 1.29 is 19.4 Å². The zero-order valence-electron chi connectivity index (χ0n) is 18.1. The lowest BCUT2D eigenvalue weighted by Gasteiger charge is -2.25. The first kappa shape index (κ1) is 22.8. The fourth-order valence-electron chi connectivity index (χ4n) is 3.98. The first-order valence-corrected chi connectivity index (χ1v) is 11.5. The van der Waals surface area contributed by atoms with Crippen molar-refractivity contribution in [1.82, 2.24) is 14.5 Å². The number of imidazole rings is 1. The summed E-state index contributed by atoms with van der Waals surface area (Å²) in [5.74, 6) is -0.779. The minimum absolute atomic E-state index is 0.0918. The van der Waals surface area contributed by atoms with Crippen LogP contribution in [0.3, 0.4) is 0 Å². The Hall–Kier alpha value is -3.39. The highest BCUT2D eigenvalue weighted by molar-refractivity contribution is 9.10. The molecule has 0 aliphatic carbocycles. The molecule has 1 aliphatic heterocycles. The van der Waals surface area contributed by atoms with Crippen LogP contribution in [0.1, 0.15) is 30.5 Å². The zero-order valence-corrected chi connectivity index (χ0v) is 19.7. The van der Waals surface area contributed by atoms with E-state index >= 15 is 0 Å². The number of hydrogen-bond donors (Lipinski definition) is 1. The minimum Gasteiger partial charge on any atom is -0.507 e. The van der Waals surface area contributed by atoms with Crippen molar-refractivity contribution in [2.24, 2.45) is 0 Å². The Bertz CT molecular complexity index is 1160. The summed E-state index contributed by atoms with van der Waals surface area (Å²) in [6, 6.07) is 13.6. The van der Waals surface area contributed by atoms with Crippen molar-refractivity contribution in [3.8, 4) is 5.75 Å². The van der Waals surface area contributed by atoms with E-state index in [0.29, 0.717) is 37.4 Å². The monoisotopic (exact) mass is 509 g/mol. The second-order valence-electron chi connectivity index (χ2n) is 7.66. The number of carbonyl (C=O) groups excluding carboxylic acids is 2. The van der Waals surface area contributed by atoms with Crippen LogP contribution in [-0.2, 0) is 16.1 Å². The molecule has 1 aliphatic rings. The molecule has 7 nitrogen and oxygen atoms in total. The number of rotatable bonds is 8. The van der Waals surface area contributed by atoms with Crippen LogP contribution in [0.4, 0.5) is 0 Å². The van der Waals surface area contributed by atoms with E-state index in [0.717, 1.165) is 10.0 Å². The predicted octanol–water partition coefficient (Wildman–Crippen LogP) is 4.56. The van der Waals surface area contributed by atoms with Crippen LogP contribution < -0.4 is 4.74 Å². The molecule has 33 heavy (non-hydrogen) atoms. The number of carbonyl (C=O) groups is 2. The first-order chi connectivity index (χ1) is 16.0. The number of amides is 1. The Morgan fingerprint density at radius 3 is 2.45 bits per heavy atom. The van der Waals surface area contributed by atoms with E-state index < -0.39 is 17.7 Å². The third-order valence-corrected chi connectivity index (χ3v) is 6.07. The van der Waals surface area contributed by atoms with Crippen molar-refractivity contribution in [2.75, 3.05) is 13.2 Å². The summed E-state index contributed by atoms with van der Waals surface area (Å²) in [5.41, 5.74) is 1.30. The molecule has 0 spiro atoms. The summed E-state index contributed by atoms with van der Waals surface area (Å²) in [4.78, 5) is 31.7. The molecule has 1 fully saturated rings. The summed E-state index contributed by atoms with van der Waals surface area (Å²) in [6.07, 6.45) is 5.90. The average molecular weight is 510 g/mol. The Balaban J connectivity index is 1.71. The lowest BCUT2D eigenvalue weighted by molar-refractivity contribution is -0.139. The molecule has 0 saturated carbocycles. The van der Waals surface area contributed by atoms with E-state index in [1.54, 1.807) is 41.7 Å². The fraction of sp³-hybridized carbons (Fsp3) is 0.240. The maximum atomic E-state index is 13.1. The molecule has 170 valence electrons. The van der Waals surface area contributed by atoms with E-state index in [9.17, 15) is 14.7 Å². The summed E-state index contributed by atoms with van der Waals surface area (Å²) in [6.45, 7) is 3.46. The zero-order chi connectivity index (χ0) is 23.4. The number of Topliss-reactive ketones (excluding diaryl/α,β-unsaturated/α-hetero) is 1. The van der Waals surface area contributed by atoms with Crippen molar-refractivity contribution in [1.29, 1.82) is 0 Å². The SMILES string of the molecule is CCOc1ccc(C2C(=C(O)c3ccc(Br)cc3)C(=O)C(=O)N2CCCn2ccnc2)cc1. The first-order valence-electron chi connectivity index (χ1n) is 10.7. The van der Waals surface area contributed by atoms with Crippen LogP contribution in [0.5, 0.6) is 5.75 Å². The van der Waals surface area contributed by atoms with Gasteiger partial charge in [-0.25, -0.2) is 4.98 Å². The van der Waals surface area contributed by atoms with Gasteiger partial charge in [-0.3, -0.25) is 9.59 Å². The Labute approximate surface area is 200 Å². The highest BCUT2D eigenvalue weighted by Gasteiger charge is 2.45. The second-order valence-corrected chi connectivity index (χ2v) is 8.57. The van der Waals surface area contributed by atoms with Gasteiger partial charge in [-0.1, -0.05) is 40.2 Å². The van der Waals surface area contributed by atoms with Crippen molar-refractivity contribution in [3.63, 3.8) is 0 Å². The van der Waals surface area contributed by atoms with Gasteiger partial charge >= 0.3 is 0 Å². The lowest BCUT2D eigenvalue weighted by atomic mass is 9.95. The highest BCUT2D eigenvalue weighted by atomic mass is 79.9. The predicted molar refractivity (Wildman–Crippen MR) is 128 cm³/mol. The second kappa shape index (κ2) is 10.0. The molecule has 1 atom stereocenters. The van der Waals surface area contributed by atoms with Gasteiger partial charge in [0, 0.05) is 35.5 Å². The van der Waals surface area contributed by atoms with Crippen LogP contribution in [0.2, 0.25) is 0 Å². The number of nitrogens with zero attached hydrogens (tertiary/aromatic N) is 3. The number of aliphatic hydroxyl groups is 1. The number of aromatic nitrogens is 2. The van der Waals surface area contributed by atoms with Gasteiger partial charge in [0.15, 0.2) is 0 Å². The smallest absolute Gasteiger partial charge is 0.295 e. The fourth-order valence-corrected chi connectivity index (χ4v) is 4.24. The third-order valence-electron chi connectivity index (χ3n) is 5.54. The van der Waals surface area contributed by atoms with Crippen LogP contribution in [-0.4, -0.2) is 44.4 Å². The van der Waals surface area contributed by atoms with Crippen LogP contribution >= 0.6 is 15.9 Å². The third kappa shape index (κ3) is 4.85. The number of aryl methyl sites for hydroxylation is 1. The van der Waals surface area contributed by atoms with Crippen molar-refractivity contribution in [2.45, 2.75) is 25.9 Å². The number of likely N-dealkylation sites (tertiary alicyclic amines) is 1. The van der Waals surface area contributed by atoms with Gasteiger partial charge in [0.25, 0.3) is 11.7 Å². The summed E-state index contributed by atoms with van der Waals surface area (Å²) in [5, 5.41) is 11.1. The molecule has 1 unspecified atom stereocenters. The van der Waals surface area contributed by atoms with E-state index in [1.807, 2.05) is 42.0 Å². The molecule has 2 heterocycles. The summed E-state index contributed by atoms with van der Waals surface area (Å²) < 4.78 is 8.30. The van der Waals surface area contributed by atoms with Crippen molar-refractivity contribution in [3.05, 3.63) is 88.4 Å². The Morgan fingerprint density at radius 2 is 1.82 bits per heavy atom.